The van der Waals surface area contributed by atoms with Crippen LogP contribution in [0.5, 0.6) is 0 Å². The lowest BCUT2D eigenvalue weighted by molar-refractivity contribution is 0.418. The van der Waals surface area contributed by atoms with Crippen molar-refractivity contribution in [2.24, 2.45) is 27.0 Å². The largest absolute Gasteiger partial charge is 0.163 e. The molecule has 1 aliphatic heterocycles. The topological polar surface area (TPSA) is 24.7 Å². The van der Waals surface area contributed by atoms with Crippen LogP contribution in [0, 0.1) is 16.7 Å². The van der Waals surface area contributed by atoms with Crippen LogP contribution >= 0.6 is 0 Å². The summed E-state index contributed by atoms with van der Waals surface area (Å²) in [4.78, 5) is 0. The minimum Gasteiger partial charge on any atom is -0.163 e. The smallest absolute Gasteiger partial charge is 0.0369 e. The molecule has 0 aliphatic carbocycles. The van der Waals surface area contributed by atoms with Gasteiger partial charge in [0.25, 0.3) is 0 Å². The molecule has 1 aliphatic rings. The molecule has 1 atom stereocenters. The Morgan fingerprint density at radius 1 is 0.929 bits per heavy atom. The Morgan fingerprint density at radius 2 is 1.50 bits per heavy atom. The summed E-state index contributed by atoms with van der Waals surface area (Å²) in [6, 6.07) is 0. The SMILES string of the molecule is CC(C)C1(C)C=N/N=C\C(C)(C)/C=C\1. The van der Waals surface area contributed by atoms with Crippen LogP contribution in [-0.4, -0.2) is 12.4 Å². The van der Waals surface area contributed by atoms with Crippen molar-refractivity contribution in [1.82, 2.24) is 0 Å². The molecule has 78 valence electrons. The first-order chi connectivity index (χ1) is 6.36. The normalized spacial score (nSPS) is 35.0. The van der Waals surface area contributed by atoms with Gasteiger partial charge in [0.1, 0.15) is 0 Å². The zero-order valence-electron chi connectivity index (χ0n) is 9.78. The summed E-state index contributed by atoms with van der Waals surface area (Å²) in [5.41, 5.74) is 0.0307. The van der Waals surface area contributed by atoms with Gasteiger partial charge in [-0.1, -0.05) is 46.8 Å². The summed E-state index contributed by atoms with van der Waals surface area (Å²) in [6.07, 6.45) is 8.26. The molecule has 0 radical (unpaired) electrons. The number of hydrogen-bond acceptors (Lipinski definition) is 2. The number of hydrogen-bond donors (Lipinski definition) is 0. The molecule has 14 heavy (non-hydrogen) atoms. The predicted octanol–water partition coefficient (Wildman–Crippen LogP) is 3.30. The van der Waals surface area contributed by atoms with Crippen molar-refractivity contribution in [2.75, 3.05) is 0 Å². The molecule has 1 heterocycles. The van der Waals surface area contributed by atoms with Crippen molar-refractivity contribution >= 4 is 12.4 Å². The van der Waals surface area contributed by atoms with E-state index in [0.717, 1.165) is 0 Å². The summed E-state index contributed by atoms with van der Waals surface area (Å²) in [5, 5.41) is 8.15. The zero-order valence-corrected chi connectivity index (χ0v) is 9.78. The van der Waals surface area contributed by atoms with E-state index in [1.807, 2.05) is 12.4 Å². The third-order valence-corrected chi connectivity index (χ3v) is 2.91. The van der Waals surface area contributed by atoms with Crippen molar-refractivity contribution < 1.29 is 0 Å². The Kier molecular flexibility index (Phi) is 2.93. The van der Waals surface area contributed by atoms with E-state index in [-0.39, 0.29) is 10.8 Å². The summed E-state index contributed by atoms with van der Waals surface area (Å²) < 4.78 is 0. The second-order valence-corrected chi connectivity index (χ2v) is 5.16. The van der Waals surface area contributed by atoms with Gasteiger partial charge in [-0.25, -0.2) is 0 Å². The molecule has 0 saturated heterocycles. The van der Waals surface area contributed by atoms with Crippen LogP contribution in [0.2, 0.25) is 0 Å². The molecule has 1 unspecified atom stereocenters. The fourth-order valence-corrected chi connectivity index (χ4v) is 1.16. The van der Waals surface area contributed by atoms with Crippen LogP contribution in [0.15, 0.2) is 22.4 Å². The van der Waals surface area contributed by atoms with Gasteiger partial charge in [-0.3, -0.25) is 0 Å². The minimum absolute atomic E-state index is 0.00785. The van der Waals surface area contributed by atoms with E-state index in [0.29, 0.717) is 5.92 Å². The molecule has 1 rings (SSSR count). The Hall–Kier alpha value is -0.920. The van der Waals surface area contributed by atoms with E-state index in [2.05, 4.69) is 57.0 Å². The van der Waals surface area contributed by atoms with E-state index in [1.165, 1.54) is 0 Å². The van der Waals surface area contributed by atoms with Gasteiger partial charge in [0, 0.05) is 23.3 Å². The third kappa shape index (κ3) is 2.53. The predicted molar refractivity (Wildman–Crippen MR) is 62.9 cm³/mol. The fraction of sp³-hybridized carbons (Fsp3) is 0.667. The average Bonchev–Trinajstić information content (AvgIpc) is 2.07. The first kappa shape index (κ1) is 11.2. The highest BCUT2D eigenvalue weighted by Gasteiger charge is 2.25. The molecular weight excluding hydrogens is 172 g/mol. The summed E-state index contributed by atoms with van der Waals surface area (Å²) in [5.74, 6) is 0.534. The summed E-state index contributed by atoms with van der Waals surface area (Å²) >= 11 is 0. The molecular formula is C12H20N2. The van der Waals surface area contributed by atoms with E-state index >= 15 is 0 Å². The Balaban J connectivity index is 3.04. The van der Waals surface area contributed by atoms with Gasteiger partial charge in [-0.05, 0) is 5.92 Å². The first-order valence-corrected chi connectivity index (χ1v) is 5.15. The number of nitrogens with zero attached hydrogens (tertiary/aromatic N) is 2. The van der Waals surface area contributed by atoms with Crippen molar-refractivity contribution in [1.29, 1.82) is 0 Å². The van der Waals surface area contributed by atoms with Crippen molar-refractivity contribution in [3.05, 3.63) is 12.2 Å². The zero-order chi connectivity index (χ0) is 10.8. The quantitative estimate of drug-likeness (QED) is 0.569. The Labute approximate surface area is 86.8 Å². The van der Waals surface area contributed by atoms with Gasteiger partial charge < -0.3 is 0 Å². The highest BCUT2D eigenvalue weighted by molar-refractivity contribution is 5.74. The highest BCUT2D eigenvalue weighted by atomic mass is 15.2. The molecule has 2 heteroatoms. The van der Waals surface area contributed by atoms with Gasteiger partial charge in [0.05, 0.1) is 0 Å². The lowest BCUT2D eigenvalue weighted by Crippen LogP contribution is -2.24. The molecule has 0 saturated carbocycles. The molecule has 0 amide bonds. The van der Waals surface area contributed by atoms with E-state index in [9.17, 15) is 0 Å². The van der Waals surface area contributed by atoms with Gasteiger partial charge in [0.2, 0.25) is 0 Å². The maximum absolute atomic E-state index is 4.09. The second kappa shape index (κ2) is 3.68. The Morgan fingerprint density at radius 3 is 2.07 bits per heavy atom. The molecule has 0 aromatic carbocycles. The van der Waals surface area contributed by atoms with Gasteiger partial charge in [0.15, 0.2) is 0 Å². The summed E-state index contributed by atoms with van der Waals surface area (Å²) in [6.45, 7) is 10.9. The first-order valence-electron chi connectivity index (χ1n) is 5.15. The van der Waals surface area contributed by atoms with Crippen LogP contribution in [0.3, 0.4) is 0 Å². The van der Waals surface area contributed by atoms with E-state index in [1.54, 1.807) is 0 Å². The number of rotatable bonds is 1. The molecule has 0 aromatic heterocycles. The minimum atomic E-state index is 0.00785. The van der Waals surface area contributed by atoms with E-state index < -0.39 is 0 Å². The average molecular weight is 192 g/mol. The van der Waals surface area contributed by atoms with Gasteiger partial charge in [-0.15, -0.1) is 0 Å². The molecule has 0 fully saturated rings. The lowest BCUT2D eigenvalue weighted by atomic mass is 9.78. The molecule has 0 aromatic rings. The van der Waals surface area contributed by atoms with Gasteiger partial charge >= 0.3 is 0 Å². The maximum Gasteiger partial charge on any atom is 0.0369 e. The van der Waals surface area contributed by atoms with E-state index in [4.69, 9.17) is 0 Å². The number of allylic oxidation sites excluding steroid dienone is 2. The highest BCUT2D eigenvalue weighted by Crippen LogP contribution is 2.29. The molecule has 0 spiro atoms. The van der Waals surface area contributed by atoms with Crippen molar-refractivity contribution in [2.45, 2.75) is 34.6 Å². The van der Waals surface area contributed by atoms with Crippen LogP contribution in [-0.2, 0) is 0 Å². The fourth-order valence-electron chi connectivity index (χ4n) is 1.16. The maximum atomic E-state index is 4.09. The Bertz CT molecular complexity index is 285. The molecule has 0 bridgehead atoms. The third-order valence-electron chi connectivity index (χ3n) is 2.91. The van der Waals surface area contributed by atoms with Crippen molar-refractivity contribution in [3.8, 4) is 0 Å². The summed E-state index contributed by atoms with van der Waals surface area (Å²) in [7, 11) is 0. The van der Waals surface area contributed by atoms with Crippen LogP contribution < -0.4 is 0 Å². The van der Waals surface area contributed by atoms with Gasteiger partial charge in [-0.2, -0.15) is 10.2 Å². The molecule has 2 nitrogen and oxygen atoms in total. The standard InChI is InChI=1S/C12H20N2/c1-10(2)12(5)7-6-11(3,4)8-13-14-9-12/h6-10H,1-5H3/b7-6-,13-8-,14-9?. The van der Waals surface area contributed by atoms with Crippen LogP contribution in [0.1, 0.15) is 34.6 Å². The molecule has 0 N–H and O–H groups in total. The lowest BCUT2D eigenvalue weighted by Gasteiger charge is -2.28. The van der Waals surface area contributed by atoms with Crippen molar-refractivity contribution in [3.63, 3.8) is 0 Å². The van der Waals surface area contributed by atoms with Crippen LogP contribution in [0.25, 0.3) is 0 Å². The monoisotopic (exact) mass is 192 g/mol. The second-order valence-electron chi connectivity index (χ2n) is 5.16. The van der Waals surface area contributed by atoms with Crippen LogP contribution in [0.4, 0.5) is 0 Å².